The van der Waals surface area contributed by atoms with E-state index in [1.54, 1.807) is 0 Å². The summed E-state index contributed by atoms with van der Waals surface area (Å²) in [6.45, 7) is 10.6. The Morgan fingerprint density at radius 2 is 2.08 bits per heavy atom. The highest BCUT2D eigenvalue weighted by Crippen LogP contribution is 2.21. The molecule has 0 unspecified atom stereocenters. The Morgan fingerprint density at radius 3 is 2.85 bits per heavy atom. The summed E-state index contributed by atoms with van der Waals surface area (Å²) in [4.78, 5) is 27.2. The molecular weight excluding hydrogens is 326 g/mol. The lowest BCUT2D eigenvalue weighted by molar-refractivity contribution is 0.237. The van der Waals surface area contributed by atoms with Gasteiger partial charge in [-0.3, -0.25) is 9.69 Å². The van der Waals surface area contributed by atoms with Gasteiger partial charge in [0.1, 0.15) is 11.5 Å². The fourth-order valence-corrected chi connectivity index (χ4v) is 3.68. The lowest BCUT2D eigenvalue weighted by Gasteiger charge is -2.28. The molecule has 0 aromatic carbocycles. The van der Waals surface area contributed by atoms with Gasteiger partial charge in [-0.1, -0.05) is 19.9 Å². The van der Waals surface area contributed by atoms with Crippen molar-refractivity contribution in [3.8, 4) is 0 Å². The summed E-state index contributed by atoms with van der Waals surface area (Å²) in [5.41, 5.74) is 6.20. The fourth-order valence-electron chi connectivity index (χ4n) is 3.68. The maximum atomic E-state index is 12.5. The number of aromatic nitrogens is 4. The summed E-state index contributed by atoms with van der Waals surface area (Å²) in [5.74, 6) is 1.02. The van der Waals surface area contributed by atoms with E-state index in [1.807, 2.05) is 0 Å². The van der Waals surface area contributed by atoms with Crippen molar-refractivity contribution in [1.29, 1.82) is 0 Å². The monoisotopic (exact) mass is 351 g/mol. The van der Waals surface area contributed by atoms with E-state index in [2.05, 4.69) is 65.3 Å². The first-order chi connectivity index (χ1) is 12.4. The van der Waals surface area contributed by atoms with Crippen molar-refractivity contribution >= 4 is 5.65 Å². The van der Waals surface area contributed by atoms with Gasteiger partial charge in [0.2, 0.25) is 0 Å². The first-order valence-electron chi connectivity index (χ1n) is 9.21. The van der Waals surface area contributed by atoms with Gasteiger partial charge in [0.25, 0.3) is 5.56 Å². The molecule has 0 aliphatic carbocycles. The molecule has 0 saturated heterocycles. The number of fused-ring (bicyclic) bond motifs is 2. The van der Waals surface area contributed by atoms with Gasteiger partial charge >= 0.3 is 0 Å². The number of nitrogens with one attached hydrogen (secondary N) is 1. The van der Waals surface area contributed by atoms with E-state index in [0.717, 1.165) is 47.9 Å². The number of nitrogens with zero attached hydrogens (tertiary/aromatic N) is 4. The van der Waals surface area contributed by atoms with Gasteiger partial charge in [-0.25, -0.2) is 9.97 Å². The van der Waals surface area contributed by atoms with Crippen LogP contribution in [0.25, 0.3) is 5.65 Å². The third-order valence-electron chi connectivity index (χ3n) is 5.23. The molecule has 4 heterocycles. The minimum Gasteiger partial charge on any atom is -0.310 e. The van der Waals surface area contributed by atoms with Crippen molar-refractivity contribution in [2.45, 2.75) is 53.1 Å². The van der Waals surface area contributed by atoms with E-state index in [9.17, 15) is 4.79 Å². The highest BCUT2D eigenvalue weighted by Gasteiger charge is 2.23. The lowest BCUT2D eigenvalue weighted by Crippen LogP contribution is -2.36. The molecule has 136 valence electrons. The molecule has 0 fully saturated rings. The van der Waals surface area contributed by atoms with Gasteiger partial charge in [0.15, 0.2) is 0 Å². The third kappa shape index (κ3) is 2.84. The lowest BCUT2D eigenvalue weighted by atomic mass is 10.1. The number of pyridine rings is 1. The topological polar surface area (TPSA) is 66.3 Å². The molecule has 0 saturated carbocycles. The molecule has 1 aliphatic rings. The molecule has 4 rings (SSSR count). The molecule has 0 amide bonds. The SMILES string of the molecule is Cc1nc2c(C)cccn2c1CN1CCc2nc(C(C)C)[nH]c(=O)c2C1. The van der Waals surface area contributed by atoms with Crippen molar-refractivity contribution < 1.29 is 0 Å². The Morgan fingerprint density at radius 1 is 1.27 bits per heavy atom. The molecule has 0 spiro atoms. The van der Waals surface area contributed by atoms with Gasteiger partial charge in [-0.05, 0) is 25.5 Å². The summed E-state index contributed by atoms with van der Waals surface area (Å²) < 4.78 is 2.17. The van der Waals surface area contributed by atoms with Crippen LogP contribution in [0.1, 0.15) is 53.8 Å². The molecule has 3 aromatic rings. The highest BCUT2D eigenvalue weighted by molar-refractivity contribution is 5.50. The second-order valence-electron chi connectivity index (χ2n) is 7.52. The van der Waals surface area contributed by atoms with E-state index < -0.39 is 0 Å². The first-order valence-corrected chi connectivity index (χ1v) is 9.21. The van der Waals surface area contributed by atoms with Crippen LogP contribution in [0.2, 0.25) is 0 Å². The summed E-state index contributed by atoms with van der Waals surface area (Å²) in [7, 11) is 0. The quantitative estimate of drug-likeness (QED) is 0.788. The largest absolute Gasteiger partial charge is 0.310 e. The van der Waals surface area contributed by atoms with Crippen LogP contribution in [0.3, 0.4) is 0 Å². The summed E-state index contributed by atoms with van der Waals surface area (Å²) >= 11 is 0. The molecule has 6 heteroatoms. The first kappa shape index (κ1) is 17.0. The average Bonchev–Trinajstić information content (AvgIpc) is 2.92. The highest BCUT2D eigenvalue weighted by atomic mass is 16.1. The van der Waals surface area contributed by atoms with Crippen LogP contribution in [0.4, 0.5) is 0 Å². The molecule has 6 nitrogen and oxygen atoms in total. The molecule has 0 atom stereocenters. The predicted molar refractivity (Wildman–Crippen MR) is 101 cm³/mol. The second kappa shape index (κ2) is 6.36. The minimum absolute atomic E-state index is 0.00843. The number of hydrogen-bond donors (Lipinski definition) is 1. The molecular formula is C20H25N5O. The Kier molecular flexibility index (Phi) is 4.15. The number of imidazole rings is 1. The van der Waals surface area contributed by atoms with Gasteiger partial charge in [-0.15, -0.1) is 0 Å². The van der Waals surface area contributed by atoms with Crippen LogP contribution in [-0.2, 0) is 19.5 Å². The second-order valence-corrected chi connectivity index (χ2v) is 7.52. The maximum absolute atomic E-state index is 12.5. The summed E-state index contributed by atoms with van der Waals surface area (Å²) in [6, 6.07) is 4.14. The zero-order chi connectivity index (χ0) is 18.4. The number of rotatable bonds is 3. The van der Waals surface area contributed by atoms with Crippen molar-refractivity contribution in [2.75, 3.05) is 6.54 Å². The van der Waals surface area contributed by atoms with Crippen LogP contribution >= 0.6 is 0 Å². The zero-order valence-corrected chi connectivity index (χ0v) is 15.8. The van der Waals surface area contributed by atoms with Crippen LogP contribution in [-0.4, -0.2) is 30.8 Å². The summed E-state index contributed by atoms with van der Waals surface area (Å²) in [6.07, 6.45) is 2.88. The Bertz CT molecular complexity index is 1030. The van der Waals surface area contributed by atoms with Gasteiger partial charge in [0.05, 0.1) is 22.6 Å². The zero-order valence-electron chi connectivity index (χ0n) is 15.8. The van der Waals surface area contributed by atoms with Crippen LogP contribution < -0.4 is 5.56 Å². The number of hydrogen-bond acceptors (Lipinski definition) is 4. The third-order valence-corrected chi connectivity index (χ3v) is 5.23. The molecule has 0 bridgehead atoms. The van der Waals surface area contributed by atoms with Gasteiger partial charge in [0, 0.05) is 38.2 Å². The smallest absolute Gasteiger partial charge is 0.255 e. The molecule has 1 N–H and O–H groups in total. The van der Waals surface area contributed by atoms with Crippen LogP contribution in [0, 0.1) is 13.8 Å². The van der Waals surface area contributed by atoms with E-state index in [1.165, 1.54) is 11.3 Å². The van der Waals surface area contributed by atoms with Gasteiger partial charge < -0.3 is 9.38 Å². The van der Waals surface area contributed by atoms with Crippen molar-refractivity contribution in [3.05, 3.63) is 62.7 Å². The fraction of sp³-hybridized carbons (Fsp3) is 0.450. The van der Waals surface area contributed by atoms with E-state index in [-0.39, 0.29) is 11.5 Å². The molecule has 0 radical (unpaired) electrons. The van der Waals surface area contributed by atoms with E-state index >= 15 is 0 Å². The molecule has 3 aromatic heterocycles. The van der Waals surface area contributed by atoms with Crippen LogP contribution in [0.5, 0.6) is 0 Å². The number of aryl methyl sites for hydroxylation is 2. The summed E-state index contributed by atoms with van der Waals surface area (Å²) in [5, 5.41) is 0. The Labute approximate surface area is 152 Å². The van der Waals surface area contributed by atoms with E-state index in [4.69, 9.17) is 4.98 Å². The average molecular weight is 351 g/mol. The maximum Gasteiger partial charge on any atom is 0.255 e. The predicted octanol–water partition coefficient (Wildman–Crippen LogP) is 2.72. The number of aromatic amines is 1. The van der Waals surface area contributed by atoms with Gasteiger partial charge in [-0.2, -0.15) is 0 Å². The Hall–Kier alpha value is -2.47. The normalized spacial score (nSPS) is 15.0. The number of H-pyrrole nitrogens is 1. The van der Waals surface area contributed by atoms with E-state index in [0.29, 0.717) is 6.54 Å². The van der Waals surface area contributed by atoms with Crippen molar-refractivity contribution in [1.82, 2.24) is 24.3 Å². The Balaban J connectivity index is 1.64. The minimum atomic E-state index is 0.00843. The van der Waals surface area contributed by atoms with Crippen molar-refractivity contribution in [3.63, 3.8) is 0 Å². The molecule has 26 heavy (non-hydrogen) atoms. The molecule has 1 aliphatic heterocycles. The standard InChI is InChI=1S/C20H25N5O/c1-12(2)18-22-16-7-9-24(10-15(16)20(26)23-18)11-17-14(4)21-19-13(3)6-5-8-25(17)19/h5-6,8,12H,7,9-11H2,1-4H3,(H,22,23,26). The van der Waals surface area contributed by atoms with Crippen molar-refractivity contribution in [2.24, 2.45) is 0 Å². The van der Waals surface area contributed by atoms with Crippen LogP contribution in [0.15, 0.2) is 23.1 Å².